The molecule has 5 heteroatoms. The number of nitrogen functional groups attached to an aromatic ring is 1. The Morgan fingerprint density at radius 1 is 1.28 bits per heavy atom. The first kappa shape index (κ1) is 12.7. The van der Waals surface area contributed by atoms with E-state index in [-0.39, 0.29) is 0 Å². The van der Waals surface area contributed by atoms with Crippen molar-refractivity contribution in [3.63, 3.8) is 0 Å². The molecule has 2 aromatic rings. The molecule has 1 aromatic carbocycles. The van der Waals surface area contributed by atoms with E-state index in [1.807, 2.05) is 42.3 Å². The van der Waals surface area contributed by atoms with Crippen LogP contribution >= 0.6 is 15.9 Å². The fourth-order valence-electron chi connectivity index (χ4n) is 1.62. The predicted molar refractivity (Wildman–Crippen MR) is 77.4 cm³/mol. The van der Waals surface area contributed by atoms with Crippen LogP contribution in [0.4, 0.5) is 17.2 Å². The summed E-state index contributed by atoms with van der Waals surface area (Å²) >= 11 is 3.46. The maximum absolute atomic E-state index is 5.68. The van der Waals surface area contributed by atoms with E-state index in [1.54, 1.807) is 13.3 Å². The third-order valence-corrected chi connectivity index (χ3v) is 3.20. The molecular weight excluding hydrogens is 294 g/mol. The molecule has 0 unspecified atom stereocenters. The van der Waals surface area contributed by atoms with Crippen molar-refractivity contribution in [1.82, 2.24) is 4.98 Å². The summed E-state index contributed by atoms with van der Waals surface area (Å²) in [6, 6.07) is 9.61. The molecule has 0 aliphatic carbocycles. The van der Waals surface area contributed by atoms with Crippen molar-refractivity contribution in [1.29, 1.82) is 0 Å². The van der Waals surface area contributed by atoms with Gasteiger partial charge in [0.25, 0.3) is 0 Å². The van der Waals surface area contributed by atoms with Crippen molar-refractivity contribution >= 4 is 33.1 Å². The van der Waals surface area contributed by atoms with E-state index < -0.39 is 0 Å². The average Bonchev–Trinajstić information content (AvgIpc) is 2.38. The topological polar surface area (TPSA) is 51.4 Å². The van der Waals surface area contributed by atoms with E-state index in [9.17, 15) is 0 Å². The second kappa shape index (κ2) is 5.27. The highest BCUT2D eigenvalue weighted by atomic mass is 79.9. The van der Waals surface area contributed by atoms with Gasteiger partial charge >= 0.3 is 0 Å². The second-order valence-corrected chi connectivity index (χ2v) is 4.69. The van der Waals surface area contributed by atoms with Gasteiger partial charge in [-0.25, -0.2) is 4.98 Å². The lowest BCUT2D eigenvalue weighted by Gasteiger charge is -2.20. The molecule has 0 radical (unpaired) electrons. The number of halogens is 1. The SMILES string of the molecule is COc1ccc(N(C)c2ncc(N)cc2Br)cc1. The monoisotopic (exact) mass is 307 g/mol. The third kappa shape index (κ3) is 2.56. The van der Waals surface area contributed by atoms with Gasteiger partial charge in [-0.2, -0.15) is 0 Å². The number of nitrogens with two attached hydrogens (primary N) is 1. The van der Waals surface area contributed by atoms with Crippen LogP contribution in [0.1, 0.15) is 0 Å². The number of pyridine rings is 1. The molecule has 0 amide bonds. The van der Waals surface area contributed by atoms with Crippen molar-refractivity contribution in [3.05, 3.63) is 41.0 Å². The van der Waals surface area contributed by atoms with Gasteiger partial charge in [-0.3, -0.25) is 0 Å². The van der Waals surface area contributed by atoms with Crippen LogP contribution in [0.3, 0.4) is 0 Å². The molecule has 2 N–H and O–H groups in total. The molecule has 94 valence electrons. The minimum absolute atomic E-state index is 0.633. The van der Waals surface area contributed by atoms with E-state index in [2.05, 4.69) is 20.9 Å². The number of nitrogens with zero attached hydrogens (tertiary/aromatic N) is 2. The number of hydrogen-bond donors (Lipinski definition) is 1. The van der Waals surface area contributed by atoms with E-state index in [0.29, 0.717) is 5.69 Å². The Bertz CT molecular complexity index is 542. The molecule has 0 saturated heterocycles. The summed E-state index contributed by atoms with van der Waals surface area (Å²) in [7, 11) is 3.60. The van der Waals surface area contributed by atoms with Gasteiger partial charge in [-0.05, 0) is 46.3 Å². The lowest BCUT2D eigenvalue weighted by molar-refractivity contribution is 0.415. The maximum atomic E-state index is 5.68. The number of anilines is 3. The first-order valence-corrected chi connectivity index (χ1v) is 6.20. The van der Waals surface area contributed by atoms with Crippen LogP contribution in [-0.4, -0.2) is 19.1 Å². The van der Waals surface area contributed by atoms with E-state index in [1.165, 1.54) is 0 Å². The van der Waals surface area contributed by atoms with E-state index in [0.717, 1.165) is 21.7 Å². The van der Waals surface area contributed by atoms with Crippen molar-refractivity contribution < 1.29 is 4.74 Å². The second-order valence-electron chi connectivity index (χ2n) is 3.83. The zero-order valence-corrected chi connectivity index (χ0v) is 11.8. The van der Waals surface area contributed by atoms with Gasteiger partial charge < -0.3 is 15.4 Å². The molecular formula is C13H14BrN3O. The molecule has 2 rings (SSSR count). The Morgan fingerprint density at radius 3 is 2.50 bits per heavy atom. The van der Waals surface area contributed by atoms with Crippen LogP contribution in [0.5, 0.6) is 5.75 Å². The number of methoxy groups -OCH3 is 1. The standard InChI is InChI=1S/C13H14BrN3O/c1-17(10-3-5-11(18-2)6-4-10)13-12(14)7-9(15)8-16-13/h3-8H,15H2,1-2H3. The molecule has 18 heavy (non-hydrogen) atoms. The predicted octanol–water partition coefficient (Wildman–Crippen LogP) is 3.20. The fourth-order valence-corrected chi connectivity index (χ4v) is 2.25. The lowest BCUT2D eigenvalue weighted by atomic mass is 10.2. The first-order valence-electron chi connectivity index (χ1n) is 5.40. The molecule has 0 aliphatic rings. The number of benzene rings is 1. The summed E-state index contributed by atoms with van der Waals surface area (Å²) in [5, 5.41) is 0. The smallest absolute Gasteiger partial charge is 0.147 e. The van der Waals surface area contributed by atoms with Crippen LogP contribution < -0.4 is 15.4 Å². The minimum Gasteiger partial charge on any atom is -0.497 e. The normalized spacial score (nSPS) is 10.2. The Morgan fingerprint density at radius 2 is 1.94 bits per heavy atom. The van der Waals surface area contributed by atoms with Gasteiger partial charge in [-0.1, -0.05) is 0 Å². The molecule has 0 saturated carbocycles. The van der Waals surface area contributed by atoms with Crippen molar-refractivity contribution in [2.24, 2.45) is 0 Å². The lowest BCUT2D eigenvalue weighted by Crippen LogP contribution is -2.12. The van der Waals surface area contributed by atoms with Crippen molar-refractivity contribution in [3.8, 4) is 5.75 Å². The van der Waals surface area contributed by atoms with Gasteiger partial charge in [0, 0.05) is 12.7 Å². The Hall–Kier alpha value is -1.75. The van der Waals surface area contributed by atoms with Gasteiger partial charge in [0.15, 0.2) is 0 Å². The van der Waals surface area contributed by atoms with Crippen LogP contribution in [-0.2, 0) is 0 Å². The maximum Gasteiger partial charge on any atom is 0.147 e. The quantitative estimate of drug-likeness (QED) is 0.946. The molecule has 0 aliphatic heterocycles. The summed E-state index contributed by atoms with van der Waals surface area (Å²) in [5.74, 6) is 1.64. The van der Waals surface area contributed by atoms with Crippen LogP contribution in [0.2, 0.25) is 0 Å². The molecule has 0 atom stereocenters. The fraction of sp³-hybridized carbons (Fsp3) is 0.154. The van der Waals surface area contributed by atoms with Gasteiger partial charge in [0.05, 0.1) is 23.5 Å². The number of hydrogen-bond acceptors (Lipinski definition) is 4. The first-order chi connectivity index (χ1) is 8.61. The van der Waals surface area contributed by atoms with Crippen LogP contribution in [0.25, 0.3) is 0 Å². The number of ether oxygens (including phenoxy) is 1. The summed E-state index contributed by atoms with van der Waals surface area (Å²) in [6.07, 6.45) is 1.64. The summed E-state index contributed by atoms with van der Waals surface area (Å²) in [5.41, 5.74) is 7.33. The highest BCUT2D eigenvalue weighted by molar-refractivity contribution is 9.10. The van der Waals surface area contributed by atoms with Crippen molar-refractivity contribution in [2.75, 3.05) is 24.8 Å². The summed E-state index contributed by atoms with van der Waals surface area (Å²) < 4.78 is 6.00. The largest absolute Gasteiger partial charge is 0.497 e. The Balaban J connectivity index is 2.31. The number of rotatable bonds is 3. The van der Waals surface area contributed by atoms with Gasteiger partial charge in [0.2, 0.25) is 0 Å². The van der Waals surface area contributed by atoms with Crippen LogP contribution in [0, 0.1) is 0 Å². The third-order valence-electron chi connectivity index (χ3n) is 2.62. The van der Waals surface area contributed by atoms with E-state index >= 15 is 0 Å². The number of aromatic nitrogens is 1. The zero-order valence-electron chi connectivity index (χ0n) is 10.2. The van der Waals surface area contributed by atoms with Gasteiger partial charge in [-0.15, -0.1) is 0 Å². The molecule has 1 aromatic heterocycles. The summed E-state index contributed by atoms with van der Waals surface area (Å²) in [4.78, 5) is 6.29. The van der Waals surface area contributed by atoms with Gasteiger partial charge in [0.1, 0.15) is 11.6 Å². The average molecular weight is 308 g/mol. The highest BCUT2D eigenvalue weighted by Gasteiger charge is 2.09. The molecule has 4 nitrogen and oxygen atoms in total. The Labute approximate surface area is 115 Å². The molecule has 0 fully saturated rings. The summed E-state index contributed by atoms with van der Waals surface area (Å²) in [6.45, 7) is 0. The molecule has 0 bridgehead atoms. The minimum atomic E-state index is 0.633. The molecule has 0 spiro atoms. The highest BCUT2D eigenvalue weighted by Crippen LogP contribution is 2.30. The molecule has 1 heterocycles. The van der Waals surface area contributed by atoms with Crippen LogP contribution in [0.15, 0.2) is 41.0 Å². The Kier molecular flexibility index (Phi) is 3.72. The van der Waals surface area contributed by atoms with Crippen molar-refractivity contribution in [2.45, 2.75) is 0 Å². The van der Waals surface area contributed by atoms with E-state index in [4.69, 9.17) is 10.5 Å². The zero-order chi connectivity index (χ0) is 13.1.